The van der Waals surface area contributed by atoms with Gasteiger partial charge >= 0.3 is 6.09 Å². The van der Waals surface area contributed by atoms with Crippen molar-refractivity contribution in [3.8, 4) is 5.75 Å². The molecule has 2 amide bonds. The first-order chi connectivity index (χ1) is 18.9. The van der Waals surface area contributed by atoms with E-state index in [1.165, 1.54) is 0 Å². The normalized spacial score (nSPS) is 15.5. The zero-order valence-corrected chi connectivity index (χ0v) is 26.7. The van der Waals surface area contributed by atoms with Crippen LogP contribution >= 0.6 is 0 Å². The number of carbonyl (C=O) groups is 2. The molecule has 12 nitrogen and oxygen atoms in total. The summed E-state index contributed by atoms with van der Waals surface area (Å²) in [5.41, 5.74) is 7.71. The van der Waals surface area contributed by atoms with Crippen molar-refractivity contribution in [3.63, 3.8) is 0 Å². The van der Waals surface area contributed by atoms with Crippen LogP contribution in [-0.2, 0) is 26.0 Å². The Morgan fingerprint density at radius 3 is 2.39 bits per heavy atom. The van der Waals surface area contributed by atoms with Gasteiger partial charge in [-0.2, -0.15) is 0 Å². The number of fused-ring (bicyclic) bond motifs is 1. The Morgan fingerprint density at radius 2 is 1.78 bits per heavy atom. The molecule has 13 heteroatoms. The molecule has 6 N–H and O–H groups in total. The number of alkyl carbamates (subject to hydrolysis) is 1. The van der Waals surface area contributed by atoms with Crippen LogP contribution < -0.4 is 31.1 Å². The number of sulfonamides is 1. The maximum absolute atomic E-state index is 13.4. The fraction of sp³-hybridized carbons (Fsp3) is 0.679. The van der Waals surface area contributed by atoms with E-state index < -0.39 is 33.4 Å². The molecule has 2 rings (SSSR count). The minimum Gasteiger partial charge on any atom is -0.487 e. The summed E-state index contributed by atoms with van der Waals surface area (Å²) in [7, 11) is -4.02. The fourth-order valence-electron chi connectivity index (χ4n) is 4.66. The van der Waals surface area contributed by atoms with Crippen LogP contribution in [0.25, 0.3) is 0 Å². The zero-order valence-electron chi connectivity index (χ0n) is 25.9. The van der Waals surface area contributed by atoms with Gasteiger partial charge in [-0.1, -0.05) is 6.92 Å². The van der Waals surface area contributed by atoms with Crippen LogP contribution in [0, 0.1) is 20.8 Å². The highest BCUT2D eigenvalue weighted by atomic mass is 32.2. The average molecular weight is 597 g/mol. The van der Waals surface area contributed by atoms with Gasteiger partial charge in [0.15, 0.2) is 0 Å². The van der Waals surface area contributed by atoms with Gasteiger partial charge in [0, 0.05) is 31.6 Å². The maximum atomic E-state index is 13.4. The summed E-state index contributed by atoms with van der Waals surface area (Å²) in [4.78, 5) is 29.4. The summed E-state index contributed by atoms with van der Waals surface area (Å²) in [6.45, 7) is 18.4. The highest BCUT2D eigenvalue weighted by Gasteiger charge is 2.36. The molecule has 0 aliphatic carbocycles. The minimum absolute atomic E-state index is 0.134. The monoisotopic (exact) mass is 596 g/mol. The Kier molecular flexibility index (Phi) is 11.4. The van der Waals surface area contributed by atoms with Crippen molar-refractivity contribution in [2.45, 2.75) is 104 Å². The van der Waals surface area contributed by atoms with E-state index in [0.29, 0.717) is 37.1 Å². The Balaban J connectivity index is 2.08. The molecule has 1 atom stereocenters. The number of aliphatic imine (C=N–C) groups is 1. The van der Waals surface area contributed by atoms with Gasteiger partial charge < -0.3 is 31.2 Å². The van der Waals surface area contributed by atoms with Crippen molar-refractivity contribution in [1.29, 1.82) is 0 Å². The Morgan fingerprint density at radius 1 is 1.12 bits per heavy atom. The Labute approximate surface area is 244 Å². The minimum atomic E-state index is -4.02. The number of ether oxygens (including phenoxy) is 2. The largest absolute Gasteiger partial charge is 0.487 e. The summed E-state index contributed by atoms with van der Waals surface area (Å²) >= 11 is 0. The van der Waals surface area contributed by atoms with Crippen molar-refractivity contribution < 1.29 is 27.5 Å². The molecule has 0 saturated carbocycles. The number of hydrogen-bond acceptors (Lipinski definition) is 8. The van der Waals surface area contributed by atoms with Crippen molar-refractivity contribution >= 4 is 28.0 Å². The number of hydrogen-bond donors (Lipinski definition) is 5. The molecule has 0 bridgehead atoms. The highest BCUT2D eigenvalue weighted by Crippen LogP contribution is 2.43. The lowest BCUT2D eigenvalue weighted by atomic mass is 9.94. The molecule has 1 aliphatic rings. The number of nitrogens with zero attached hydrogens (tertiary/aromatic N) is 1. The number of amides is 2. The molecule has 232 valence electrons. The molecule has 1 aliphatic heterocycles. The molecule has 1 heterocycles. The number of carbonyl (C=O) groups excluding carboxylic acids is 2. The second-order valence-corrected chi connectivity index (χ2v) is 13.5. The molecule has 0 saturated heterocycles. The Bertz CT molecular complexity index is 1250. The molecule has 1 aromatic carbocycles. The second kappa shape index (κ2) is 13.7. The smallest absolute Gasteiger partial charge is 0.408 e. The topological polar surface area (TPSA) is 173 Å². The average Bonchev–Trinajstić information content (AvgIpc) is 3.16. The van der Waals surface area contributed by atoms with E-state index in [1.54, 1.807) is 34.6 Å². The van der Waals surface area contributed by atoms with E-state index in [1.807, 2.05) is 27.7 Å². The van der Waals surface area contributed by atoms with Gasteiger partial charge in [0.2, 0.25) is 11.9 Å². The predicted molar refractivity (Wildman–Crippen MR) is 160 cm³/mol. The molecule has 0 fully saturated rings. The third-order valence-electron chi connectivity index (χ3n) is 6.59. The quantitative estimate of drug-likeness (QED) is 0.139. The van der Waals surface area contributed by atoms with Gasteiger partial charge in [0.1, 0.15) is 23.0 Å². The molecule has 1 aromatic rings. The number of guanidine groups is 1. The summed E-state index contributed by atoms with van der Waals surface area (Å²) in [5.74, 6) is 0.132. The van der Waals surface area contributed by atoms with Gasteiger partial charge in [-0.05, 0) is 91.5 Å². The lowest BCUT2D eigenvalue weighted by Crippen LogP contribution is -2.49. The van der Waals surface area contributed by atoms with Crippen LogP contribution in [0.5, 0.6) is 5.75 Å². The van der Waals surface area contributed by atoms with Gasteiger partial charge in [-0.15, -0.1) is 0 Å². The maximum Gasteiger partial charge on any atom is 0.408 e. The highest BCUT2D eigenvalue weighted by molar-refractivity contribution is 7.90. The first-order valence-electron chi connectivity index (χ1n) is 14.0. The third kappa shape index (κ3) is 9.77. The fourth-order valence-corrected chi connectivity index (χ4v) is 6.18. The summed E-state index contributed by atoms with van der Waals surface area (Å²) in [5, 5.41) is 8.51. The van der Waals surface area contributed by atoms with Crippen LogP contribution in [0.4, 0.5) is 4.79 Å². The SMILES string of the molecule is CCNCCNC(=O)[C@H](CCCN=C(N)NS(=O)(=O)c1c(C)c(C)c2c(c1C)CC(C)(C)O2)NC(=O)OC(C)(C)C. The van der Waals surface area contributed by atoms with Crippen LogP contribution in [0.2, 0.25) is 0 Å². The predicted octanol–water partition coefficient (Wildman–Crippen LogP) is 2.32. The third-order valence-corrected chi connectivity index (χ3v) is 8.22. The van der Waals surface area contributed by atoms with Crippen LogP contribution in [0.15, 0.2) is 9.89 Å². The van der Waals surface area contributed by atoms with E-state index >= 15 is 0 Å². The molecule has 0 spiro atoms. The van der Waals surface area contributed by atoms with Gasteiger partial charge in [-0.3, -0.25) is 9.79 Å². The first-order valence-corrected chi connectivity index (χ1v) is 15.5. The number of nitrogens with two attached hydrogens (primary N) is 1. The molecular formula is C28H48N6O6S. The molecule has 0 radical (unpaired) electrons. The van der Waals surface area contributed by atoms with Gasteiger partial charge in [0.05, 0.1) is 4.90 Å². The molecular weight excluding hydrogens is 548 g/mol. The van der Waals surface area contributed by atoms with Gasteiger partial charge in [0.25, 0.3) is 10.0 Å². The van der Waals surface area contributed by atoms with E-state index in [-0.39, 0.29) is 29.7 Å². The lowest BCUT2D eigenvalue weighted by Gasteiger charge is -2.23. The zero-order chi connectivity index (χ0) is 31.2. The lowest BCUT2D eigenvalue weighted by molar-refractivity contribution is -0.123. The number of benzene rings is 1. The van der Waals surface area contributed by atoms with E-state index in [0.717, 1.165) is 23.4 Å². The number of likely N-dealkylation sites (N-methyl/N-ethyl adjacent to an activating group) is 1. The van der Waals surface area contributed by atoms with E-state index in [4.69, 9.17) is 15.2 Å². The van der Waals surface area contributed by atoms with Gasteiger partial charge in [-0.25, -0.2) is 17.9 Å². The van der Waals surface area contributed by atoms with Crippen LogP contribution in [-0.4, -0.2) is 69.8 Å². The second-order valence-electron chi connectivity index (χ2n) is 11.9. The number of rotatable bonds is 12. The van der Waals surface area contributed by atoms with Crippen molar-refractivity contribution in [2.75, 3.05) is 26.2 Å². The summed E-state index contributed by atoms with van der Waals surface area (Å²) in [6.07, 6.45) is 0.492. The van der Waals surface area contributed by atoms with Crippen molar-refractivity contribution in [1.82, 2.24) is 20.7 Å². The standard InChI is InChI=1S/C28H48N6O6S/c1-10-30-14-15-31-24(35)21(33-26(36)40-27(5,6)7)12-11-13-32-25(29)34-41(37,38)23-18(3)17(2)22-20(19(23)4)16-28(8,9)39-22/h21,30H,10-16H2,1-9H3,(H,31,35)(H,33,36)(H3,29,32,34)/t21-/m0/s1. The van der Waals surface area contributed by atoms with Crippen molar-refractivity contribution in [3.05, 3.63) is 22.3 Å². The summed E-state index contributed by atoms with van der Waals surface area (Å²) in [6, 6.07) is -0.856. The summed E-state index contributed by atoms with van der Waals surface area (Å²) < 4.78 is 40.5. The number of nitrogens with one attached hydrogen (secondary N) is 4. The van der Waals surface area contributed by atoms with Crippen LogP contribution in [0.1, 0.15) is 76.6 Å². The Hall–Kier alpha value is -3.06. The van der Waals surface area contributed by atoms with E-state index in [9.17, 15) is 18.0 Å². The van der Waals surface area contributed by atoms with Crippen LogP contribution in [0.3, 0.4) is 0 Å². The molecule has 0 unspecified atom stereocenters. The van der Waals surface area contributed by atoms with E-state index in [2.05, 4.69) is 25.7 Å². The molecule has 0 aromatic heterocycles. The molecule has 41 heavy (non-hydrogen) atoms. The first kappa shape index (κ1) is 34.1. The van der Waals surface area contributed by atoms with Crippen molar-refractivity contribution in [2.24, 2.45) is 10.7 Å².